The van der Waals surface area contributed by atoms with E-state index < -0.39 is 0 Å². The van der Waals surface area contributed by atoms with Gasteiger partial charge in [-0.1, -0.05) is 0 Å². The minimum Gasteiger partial charge on any atom is -0.507 e. The Morgan fingerprint density at radius 2 is 1.19 bits per heavy atom. The lowest BCUT2D eigenvalue weighted by Crippen LogP contribution is -2.49. The molecule has 0 atom stereocenters. The molecule has 0 radical (unpaired) electrons. The van der Waals surface area contributed by atoms with Crippen LogP contribution in [0.1, 0.15) is 60.8 Å². The summed E-state index contributed by atoms with van der Waals surface area (Å²) in [4.78, 5) is 0. The monoisotopic (exact) mass is 286 g/mol. The fraction of sp³-hybridized carbons (Fsp3) is 0.684. The maximum atomic E-state index is 10.8. The number of phenolic OH excluding ortho intramolecular Hbond substituents is 2. The first-order valence-electron chi connectivity index (χ1n) is 8.43. The molecule has 4 aliphatic carbocycles. The minimum absolute atomic E-state index is 0.187. The van der Waals surface area contributed by atoms with Crippen LogP contribution < -0.4 is 0 Å². The summed E-state index contributed by atoms with van der Waals surface area (Å²) in [5.74, 6) is 3.24. The molecule has 4 fully saturated rings. The van der Waals surface area contributed by atoms with Crippen molar-refractivity contribution in [3.8, 4) is 11.5 Å². The lowest BCUT2D eigenvalue weighted by molar-refractivity contribution is -0.00651. The summed E-state index contributed by atoms with van der Waals surface area (Å²) < 4.78 is 0. The minimum atomic E-state index is 0.187. The standard InChI is InChI=1S/C19H26O2/c1-10-11(2)17(20)12(3)18(21)16(10)19-7-13-4-14(8-19)6-15(5-13)9-19/h13-15,20-21H,4-9H2,1-3H3. The number of phenols is 2. The molecule has 1 aromatic carbocycles. The van der Waals surface area contributed by atoms with Crippen LogP contribution in [0.5, 0.6) is 11.5 Å². The molecule has 1 aromatic rings. The second kappa shape index (κ2) is 4.18. The molecule has 0 unspecified atom stereocenters. The average molecular weight is 286 g/mol. The first kappa shape index (κ1) is 13.5. The maximum absolute atomic E-state index is 10.8. The molecular formula is C19H26O2. The van der Waals surface area contributed by atoms with Crippen molar-refractivity contribution in [2.24, 2.45) is 17.8 Å². The Morgan fingerprint density at radius 1 is 0.714 bits per heavy atom. The molecule has 4 bridgehead atoms. The van der Waals surface area contributed by atoms with Crippen molar-refractivity contribution in [1.82, 2.24) is 0 Å². The smallest absolute Gasteiger partial charge is 0.126 e. The molecule has 2 N–H and O–H groups in total. The fourth-order valence-electron chi connectivity index (χ4n) is 6.19. The fourth-order valence-corrected chi connectivity index (χ4v) is 6.19. The highest BCUT2D eigenvalue weighted by atomic mass is 16.3. The third-order valence-corrected chi connectivity index (χ3v) is 6.81. The Balaban J connectivity index is 1.91. The number of hydrogen-bond acceptors (Lipinski definition) is 2. The van der Waals surface area contributed by atoms with Crippen LogP contribution in [0.4, 0.5) is 0 Å². The lowest BCUT2D eigenvalue weighted by Gasteiger charge is -2.57. The molecule has 0 spiro atoms. The van der Waals surface area contributed by atoms with Gasteiger partial charge in [-0.3, -0.25) is 0 Å². The van der Waals surface area contributed by atoms with Crippen molar-refractivity contribution in [3.05, 3.63) is 22.3 Å². The summed E-state index contributed by atoms with van der Waals surface area (Å²) in [5.41, 5.74) is 4.11. The highest BCUT2D eigenvalue weighted by Crippen LogP contribution is 2.63. The van der Waals surface area contributed by atoms with E-state index in [1.807, 2.05) is 13.8 Å². The molecule has 0 saturated heterocycles. The van der Waals surface area contributed by atoms with E-state index in [0.29, 0.717) is 11.3 Å². The van der Waals surface area contributed by atoms with Gasteiger partial charge in [-0.05, 0) is 88.2 Å². The Labute approximate surface area is 127 Å². The van der Waals surface area contributed by atoms with Gasteiger partial charge < -0.3 is 10.2 Å². The molecule has 0 amide bonds. The molecule has 0 heterocycles. The van der Waals surface area contributed by atoms with Gasteiger partial charge >= 0.3 is 0 Å². The number of aromatic hydroxyl groups is 2. The molecule has 0 aromatic heterocycles. The first-order valence-corrected chi connectivity index (χ1v) is 8.43. The molecule has 4 saturated carbocycles. The zero-order valence-corrected chi connectivity index (χ0v) is 13.4. The van der Waals surface area contributed by atoms with Crippen molar-refractivity contribution in [1.29, 1.82) is 0 Å². The van der Waals surface area contributed by atoms with Gasteiger partial charge in [0.25, 0.3) is 0 Å². The van der Waals surface area contributed by atoms with Gasteiger partial charge in [0, 0.05) is 16.5 Å². The van der Waals surface area contributed by atoms with Crippen molar-refractivity contribution in [2.45, 2.75) is 64.7 Å². The number of hydrogen-bond donors (Lipinski definition) is 2. The van der Waals surface area contributed by atoms with Gasteiger partial charge in [-0.2, -0.15) is 0 Å². The van der Waals surface area contributed by atoms with E-state index in [4.69, 9.17) is 0 Å². The summed E-state index contributed by atoms with van der Waals surface area (Å²) in [6, 6.07) is 0. The Morgan fingerprint density at radius 3 is 1.67 bits per heavy atom. The molecule has 5 rings (SSSR count). The van der Waals surface area contributed by atoms with E-state index in [0.717, 1.165) is 28.9 Å². The summed E-state index contributed by atoms with van der Waals surface area (Å²) >= 11 is 0. The first-order chi connectivity index (χ1) is 9.91. The van der Waals surface area contributed by atoms with Crippen LogP contribution in [0.2, 0.25) is 0 Å². The van der Waals surface area contributed by atoms with Crippen molar-refractivity contribution >= 4 is 0 Å². The van der Waals surface area contributed by atoms with Crippen molar-refractivity contribution in [3.63, 3.8) is 0 Å². The maximum Gasteiger partial charge on any atom is 0.126 e. The Kier molecular flexibility index (Phi) is 2.68. The van der Waals surface area contributed by atoms with Gasteiger partial charge in [0.15, 0.2) is 0 Å². The van der Waals surface area contributed by atoms with Gasteiger partial charge in [-0.15, -0.1) is 0 Å². The summed E-state index contributed by atoms with van der Waals surface area (Å²) in [6.07, 6.45) is 7.98. The van der Waals surface area contributed by atoms with E-state index in [1.165, 1.54) is 44.1 Å². The summed E-state index contributed by atoms with van der Waals surface area (Å²) in [5, 5.41) is 21.0. The molecule has 2 nitrogen and oxygen atoms in total. The average Bonchev–Trinajstić information content (AvgIpc) is 2.41. The van der Waals surface area contributed by atoms with E-state index in [1.54, 1.807) is 0 Å². The largest absolute Gasteiger partial charge is 0.507 e. The van der Waals surface area contributed by atoms with Crippen molar-refractivity contribution < 1.29 is 10.2 Å². The lowest BCUT2D eigenvalue weighted by atomic mass is 9.47. The second-order valence-electron chi connectivity index (χ2n) is 8.15. The summed E-state index contributed by atoms with van der Waals surface area (Å²) in [6.45, 7) is 5.92. The second-order valence-corrected chi connectivity index (χ2v) is 8.15. The Bertz CT molecular complexity index is 550. The molecule has 114 valence electrons. The van der Waals surface area contributed by atoms with Crippen LogP contribution in [0.25, 0.3) is 0 Å². The quantitative estimate of drug-likeness (QED) is 0.798. The SMILES string of the molecule is Cc1c(C)c(C23CC4CC(CC(C4)C2)C3)c(O)c(C)c1O. The third kappa shape index (κ3) is 1.71. The molecule has 0 aliphatic heterocycles. The van der Waals surface area contributed by atoms with E-state index in [2.05, 4.69) is 6.92 Å². The number of rotatable bonds is 1. The van der Waals surface area contributed by atoms with Crippen LogP contribution in [0.3, 0.4) is 0 Å². The molecule has 21 heavy (non-hydrogen) atoms. The highest BCUT2D eigenvalue weighted by Gasteiger charge is 2.53. The number of benzene rings is 1. The Hall–Kier alpha value is -1.18. The normalized spacial score (nSPS) is 37.2. The van der Waals surface area contributed by atoms with Gasteiger partial charge in [0.1, 0.15) is 11.5 Å². The van der Waals surface area contributed by atoms with Crippen LogP contribution in [-0.4, -0.2) is 10.2 Å². The van der Waals surface area contributed by atoms with Crippen LogP contribution in [0.15, 0.2) is 0 Å². The predicted octanol–water partition coefficient (Wildman–Crippen LogP) is 4.49. The molecule has 4 aliphatic rings. The van der Waals surface area contributed by atoms with E-state index in [-0.39, 0.29) is 11.2 Å². The van der Waals surface area contributed by atoms with Gasteiger partial charge in [-0.25, -0.2) is 0 Å². The predicted molar refractivity (Wildman–Crippen MR) is 83.8 cm³/mol. The third-order valence-electron chi connectivity index (χ3n) is 6.81. The van der Waals surface area contributed by atoms with Crippen LogP contribution in [-0.2, 0) is 5.41 Å². The van der Waals surface area contributed by atoms with E-state index in [9.17, 15) is 10.2 Å². The molecular weight excluding hydrogens is 260 g/mol. The zero-order chi connectivity index (χ0) is 14.9. The van der Waals surface area contributed by atoms with Gasteiger partial charge in [0.2, 0.25) is 0 Å². The topological polar surface area (TPSA) is 40.5 Å². The van der Waals surface area contributed by atoms with Crippen LogP contribution in [0, 0.1) is 38.5 Å². The van der Waals surface area contributed by atoms with Gasteiger partial charge in [0.05, 0.1) is 0 Å². The highest BCUT2D eigenvalue weighted by molar-refractivity contribution is 5.59. The summed E-state index contributed by atoms with van der Waals surface area (Å²) in [7, 11) is 0. The van der Waals surface area contributed by atoms with Crippen LogP contribution >= 0.6 is 0 Å². The molecule has 2 heteroatoms. The van der Waals surface area contributed by atoms with Crippen molar-refractivity contribution in [2.75, 3.05) is 0 Å². The van der Waals surface area contributed by atoms with E-state index >= 15 is 0 Å². The zero-order valence-electron chi connectivity index (χ0n) is 13.4.